The molecule has 4 aromatic rings. The molecule has 7 heteroatoms. The third kappa shape index (κ3) is 3.18. The predicted molar refractivity (Wildman–Crippen MR) is 125 cm³/mol. The summed E-state index contributed by atoms with van der Waals surface area (Å²) in [5.41, 5.74) is 6.58. The lowest BCUT2D eigenvalue weighted by Gasteiger charge is -2.23. The van der Waals surface area contributed by atoms with E-state index in [0.717, 1.165) is 45.4 Å². The highest BCUT2D eigenvalue weighted by atomic mass is 19.1. The lowest BCUT2D eigenvalue weighted by molar-refractivity contribution is 0.0528. The van der Waals surface area contributed by atoms with Gasteiger partial charge in [-0.3, -0.25) is 0 Å². The van der Waals surface area contributed by atoms with Gasteiger partial charge in [-0.15, -0.1) is 0 Å². The Hall–Kier alpha value is -3.74. The number of nitrogens with zero attached hydrogens (tertiary/aromatic N) is 1. The lowest BCUT2D eigenvalue weighted by atomic mass is 9.93. The molecule has 0 saturated heterocycles. The molecule has 0 atom stereocenters. The van der Waals surface area contributed by atoms with Crippen molar-refractivity contribution in [3.63, 3.8) is 0 Å². The highest BCUT2D eigenvalue weighted by Gasteiger charge is 2.33. The van der Waals surface area contributed by atoms with Crippen LogP contribution in [0.2, 0.25) is 0 Å². The largest absolute Gasteiger partial charge is 0.493 e. The Labute approximate surface area is 190 Å². The molecule has 0 bridgehead atoms. The smallest absolute Gasteiger partial charge is 0.340 e. The molecule has 1 aliphatic heterocycles. The summed E-state index contributed by atoms with van der Waals surface area (Å²) in [7, 11) is 3.21. The molecule has 0 unspecified atom stereocenters. The van der Waals surface area contributed by atoms with Gasteiger partial charge in [0.1, 0.15) is 5.82 Å². The van der Waals surface area contributed by atoms with E-state index < -0.39 is 0 Å². The van der Waals surface area contributed by atoms with Gasteiger partial charge in [0.25, 0.3) is 0 Å². The number of rotatable bonds is 5. The molecule has 5 rings (SSSR count). The normalized spacial score (nSPS) is 12.4. The quantitative estimate of drug-likeness (QED) is 0.410. The third-order valence-corrected chi connectivity index (χ3v) is 6.39. The molecule has 1 aliphatic rings. The van der Waals surface area contributed by atoms with E-state index in [2.05, 4.69) is 9.55 Å². The Morgan fingerprint density at radius 3 is 2.61 bits per heavy atom. The number of carbonyl (C=O) groups is 1. The zero-order valence-electron chi connectivity index (χ0n) is 19.0. The van der Waals surface area contributed by atoms with Crippen molar-refractivity contribution < 1.29 is 23.4 Å². The minimum atomic E-state index is -0.386. The molecule has 0 amide bonds. The number of nitrogens with one attached hydrogen (secondary N) is 1. The maximum Gasteiger partial charge on any atom is 0.340 e. The second-order valence-corrected chi connectivity index (χ2v) is 8.06. The lowest BCUT2D eigenvalue weighted by Crippen LogP contribution is -2.15. The minimum Gasteiger partial charge on any atom is -0.493 e. The van der Waals surface area contributed by atoms with Crippen LogP contribution in [0.1, 0.15) is 28.5 Å². The second kappa shape index (κ2) is 7.99. The van der Waals surface area contributed by atoms with Crippen LogP contribution < -0.4 is 9.47 Å². The maximum absolute atomic E-state index is 13.8. The Morgan fingerprint density at radius 2 is 1.88 bits per heavy atom. The number of methoxy groups -OCH3 is 2. The molecule has 2 aromatic carbocycles. The molecule has 170 valence electrons. The summed E-state index contributed by atoms with van der Waals surface area (Å²) in [6.07, 6.45) is 2.62. The van der Waals surface area contributed by atoms with Gasteiger partial charge < -0.3 is 23.8 Å². The number of H-pyrrole nitrogens is 1. The summed E-state index contributed by atoms with van der Waals surface area (Å²) >= 11 is 0. The molecule has 3 heterocycles. The van der Waals surface area contributed by atoms with Crippen molar-refractivity contribution >= 4 is 16.9 Å². The third-order valence-electron chi connectivity index (χ3n) is 6.39. The van der Waals surface area contributed by atoms with E-state index in [9.17, 15) is 9.18 Å². The van der Waals surface area contributed by atoms with Crippen LogP contribution in [0.25, 0.3) is 33.3 Å². The number of halogens is 1. The summed E-state index contributed by atoms with van der Waals surface area (Å²) < 4.78 is 32.5. The summed E-state index contributed by atoms with van der Waals surface area (Å²) in [4.78, 5) is 16.5. The van der Waals surface area contributed by atoms with Crippen molar-refractivity contribution in [3.05, 3.63) is 59.2 Å². The van der Waals surface area contributed by atoms with Crippen molar-refractivity contribution in [1.82, 2.24) is 9.55 Å². The van der Waals surface area contributed by atoms with Gasteiger partial charge in [-0.2, -0.15) is 0 Å². The number of benzene rings is 2. The van der Waals surface area contributed by atoms with Crippen LogP contribution in [0, 0.1) is 12.7 Å². The first-order valence-corrected chi connectivity index (χ1v) is 10.9. The zero-order valence-corrected chi connectivity index (χ0v) is 19.0. The van der Waals surface area contributed by atoms with E-state index in [-0.39, 0.29) is 18.4 Å². The molecule has 0 saturated carbocycles. The van der Waals surface area contributed by atoms with Gasteiger partial charge in [0, 0.05) is 46.0 Å². The van der Waals surface area contributed by atoms with Gasteiger partial charge in [-0.05, 0) is 56.2 Å². The maximum atomic E-state index is 13.8. The number of fused-ring (bicyclic) bond motifs is 4. The predicted octanol–water partition coefficient (Wildman–Crippen LogP) is 5.50. The Morgan fingerprint density at radius 1 is 1.12 bits per heavy atom. The van der Waals surface area contributed by atoms with Gasteiger partial charge >= 0.3 is 5.97 Å². The van der Waals surface area contributed by atoms with Crippen LogP contribution in [-0.2, 0) is 17.7 Å². The first-order valence-electron chi connectivity index (χ1n) is 10.9. The van der Waals surface area contributed by atoms with E-state index >= 15 is 0 Å². The molecular formula is C26H25FN2O4. The van der Waals surface area contributed by atoms with Crippen LogP contribution in [0.4, 0.5) is 4.39 Å². The number of ether oxygens (including phenoxy) is 3. The fraction of sp³-hybridized carbons (Fsp3) is 0.269. The second-order valence-electron chi connectivity index (χ2n) is 8.06. The molecule has 0 aliphatic carbocycles. The molecule has 0 fully saturated rings. The number of carbonyl (C=O) groups excluding carboxylic acids is 1. The number of aromatic amines is 1. The Balaban J connectivity index is 1.83. The van der Waals surface area contributed by atoms with Crippen molar-refractivity contribution in [2.45, 2.75) is 26.8 Å². The first kappa shape index (κ1) is 21.1. The minimum absolute atomic E-state index is 0.264. The van der Waals surface area contributed by atoms with Crippen LogP contribution in [-0.4, -0.2) is 36.3 Å². The van der Waals surface area contributed by atoms with Gasteiger partial charge in [0.15, 0.2) is 11.5 Å². The van der Waals surface area contributed by atoms with Gasteiger partial charge in [0.05, 0.1) is 32.1 Å². The highest BCUT2D eigenvalue weighted by molar-refractivity contribution is 6.09. The highest BCUT2D eigenvalue weighted by Crippen LogP contribution is 2.46. The van der Waals surface area contributed by atoms with E-state index in [1.165, 1.54) is 12.1 Å². The van der Waals surface area contributed by atoms with E-state index in [0.29, 0.717) is 29.1 Å². The summed E-state index contributed by atoms with van der Waals surface area (Å²) in [5, 5.41) is 0.848. The zero-order chi connectivity index (χ0) is 23.3. The van der Waals surface area contributed by atoms with Gasteiger partial charge in [0.2, 0.25) is 0 Å². The van der Waals surface area contributed by atoms with Gasteiger partial charge in [-0.1, -0.05) is 0 Å². The Kier molecular flexibility index (Phi) is 5.12. The van der Waals surface area contributed by atoms with E-state index in [1.807, 2.05) is 25.3 Å². The fourth-order valence-corrected chi connectivity index (χ4v) is 4.91. The first-order chi connectivity index (χ1) is 16.0. The van der Waals surface area contributed by atoms with E-state index in [1.54, 1.807) is 27.2 Å². The standard InChI is InChI=1S/C26H25FN2O4/c1-5-33-26(30)24-23(19-13-28-20-11-16(27)6-7-17(19)20)14(2)29-9-8-15-10-21(31-3)22(32-4)12-18(15)25(24)29/h6-7,10-13,28H,5,8-9H2,1-4H3. The summed E-state index contributed by atoms with van der Waals surface area (Å²) in [6, 6.07) is 8.53. The number of aryl methyl sites for hydroxylation is 1. The van der Waals surface area contributed by atoms with Crippen LogP contribution in [0.3, 0.4) is 0 Å². The van der Waals surface area contributed by atoms with Crippen LogP contribution in [0.5, 0.6) is 11.5 Å². The average molecular weight is 448 g/mol. The number of esters is 1. The van der Waals surface area contributed by atoms with Crippen LogP contribution >= 0.6 is 0 Å². The number of aromatic nitrogens is 2. The Bertz CT molecular complexity index is 1400. The van der Waals surface area contributed by atoms with Crippen molar-refractivity contribution in [3.8, 4) is 33.9 Å². The topological polar surface area (TPSA) is 65.5 Å². The molecule has 2 aromatic heterocycles. The molecule has 33 heavy (non-hydrogen) atoms. The molecule has 1 N–H and O–H groups in total. The SMILES string of the molecule is CCOC(=O)c1c(-c2c[nH]c3cc(F)ccc23)c(C)n2c1-c1cc(OC)c(OC)cc1CC2. The van der Waals surface area contributed by atoms with Crippen LogP contribution in [0.15, 0.2) is 36.5 Å². The van der Waals surface area contributed by atoms with Crippen molar-refractivity contribution in [1.29, 1.82) is 0 Å². The average Bonchev–Trinajstić information content (AvgIpc) is 3.36. The molecule has 0 radical (unpaired) electrons. The number of hydrogen-bond donors (Lipinski definition) is 1. The molecular weight excluding hydrogens is 423 g/mol. The van der Waals surface area contributed by atoms with Crippen molar-refractivity contribution in [2.24, 2.45) is 0 Å². The van der Waals surface area contributed by atoms with E-state index in [4.69, 9.17) is 14.2 Å². The number of hydrogen-bond acceptors (Lipinski definition) is 4. The summed E-state index contributed by atoms with van der Waals surface area (Å²) in [6.45, 7) is 4.78. The summed E-state index contributed by atoms with van der Waals surface area (Å²) in [5.74, 6) is 0.555. The van der Waals surface area contributed by atoms with Crippen molar-refractivity contribution in [2.75, 3.05) is 20.8 Å². The van der Waals surface area contributed by atoms with Gasteiger partial charge in [-0.25, -0.2) is 9.18 Å². The monoisotopic (exact) mass is 448 g/mol. The fourth-order valence-electron chi connectivity index (χ4n) is 4.91. The molecule has 0 spiro atoms. The molecule has 6 nitrogen and oxygen atoms in total.